The minimum absolute atomic E-state index is 1.07. The summed E-state index contributed by atoms with van der Waals surface area (Å²) in [4.78, 5) is 0. The molecule has 0 unspecified atom stereocenters. The number of hydrogen-bond acceptors (Lipinski definition) is 0. The summed E-state index contributed by atoms with van der Waals surface area (Å²) >= 11 is 0. The molecule has 0 saturated heterocycles. The molecule has 0 N–H and O–H groups in total. The van der Waals surface area contributed by atoms with E-state index >= 15 is 0 Å². The van der Waals surface area contributed by atoms with Gasteiger partial charge in [-0.25, -0.2) is 0 Å². The molecule has 0 aromatic heterocycles. The second-order valence-corrected chi connectivity index (χ2v) is 3.91. The zero-order valence-electron chi connectivity index (χ0n) is 7.64. The van der Waals surface area contributed by atoms with E-state index in [4.69, 9.17) is 0 Å². The molecule has 13 heavy (non-hydrogen) atoms. The average Bonchev–Trinajstić information content (AvgIpc) is 2.61. The summed E-state index contributed by atoms with van der Waals surface area (Å²) in [6.45, 7) is 4.11. The fraction of sp³-hybridized carbons (Fsp3) is 0.231. The molecule has 64 valence electrons. The summed E-state index contributed by atoms with van der Waals surface area (Å²) < 4.78 is 0. The number of rotatable bonds is 0. The Hall–Kier alpha value is -1.30. The first-order valence-corrected chi connectivity index (χ1v) is 4.86. The van der Waals surface area contributed by atoms with Crippen LogP contribution < -0.4 is 0 Å². The third-order valence-corrected chi connectivity index (χ3v) is 2.98. The highest BCUT2D eigenvalue weighted by molar-refractivity contribution is 5.72. The summed E-state index contributed by atoms with van der Waals surface area (Å²) in [5.74, 6) is 0. The van der Waals surface area contributed by atoms with Gasteiger partial charge in [-0.3, -0.25) is 0 Å². The molecule has 0 atom stereocenters. The van der Waals surface area contributed by atoms with Crippen molar-refractivity contribution in [2.45, 2.75) is 19.3 Å². The van der Waals surface area contributed by atoms with E-state index in [0.29, 0.717) is 0 Å². The minimum atomic E-state index is 1.07. The van der Waals surface area contributed by atoms with Crippen molar-refractivity contribution in [3.63, 3.8) is 0 Å². The number of hydrogen-bond donors (Lipinski definition) is 0. The highest BCUT2D eigenvalue weighted by Crippen LogP contribution is 2.44. The van der Waals surface area contributed by atoms with Gasteiger partial charge < -0.3 is 0 Å². The van der Waals surface area contributed by atoms with Crippen LogP contribution in [0.2, 0.25) is 0 Å². The summed E-state index contributed by atoms with van der Waals surface area (Å²) in [6, 6.07) is 0. The fourth-order valence-corrected chi connectivity index (χ4v) is 2.32. The molecule has 0 aromatic rings. The van der Waals surface area contributed by atoms with Gasteiger partial charge >= 0.3 is 0 Å². The monoisotopic (exact) mass is 168 g/mol. The Morgan fingerprint density at radius 2 is 1.77 bits per heavy atom. The van der Waals surface area contributed by atoms with Gasteiger partial charge in [-0.05, 0) is 59.3 Å². The summed E-state index contributed by atoms with van der Waals surface area (Å²) in [5, 5.41) is 0. The van der Waals surface area contributed by atoms with E-state index < -0.39 is 0 Å². The lowest BCUT2D eigenvalue weighted by Gasteiger charge is -2.00. The highest BCUT2D eigenvalue weighted by Gasteiger charge is 2.26. The van der Waals surface area contributed by atoms with Gasteiger partial charge in [0, 0.05) is 0 Å². The third-order valence-electron chi connectivity index (χ3n) is 2.98. The van der Waals surface area contributed by atoms with E-state index in [9.17, 15) is 0 Å². The van der Waals surface area contributed by atoms with Crippen LogP contribution in [0.5, 0.6) is 0 Å². The Labute approximate surface area is 78.7 Å². The summed E-state index contributed by atoms with van der Waals surface area (Å²) in [7, 11) is 0. The van der Waals surface area contributed by atoms with Crippen molar-refractivity contribution < 1.29 is 0 Å². The van der Waals surface area contributed by atoms with E-state index in [1.807, 2.05) is 0 Å². The van der Waals surface area contributed by atoms with E-state index in [2.05, 4.69) is 30.9 Å². The average molecular weight is 168 g/mol. The molecule has 0 heterocycles. The van der Waals surface area contributed by atoms with Crippen LogP contribution in [-0.4, -0.2) is 0 Å². The molecule has 0 spiro atoms. The maximum absolute atomic E-state index is 4.11. The van der Waals surface area contributed by atoms with Gasteiger partial charge in [0.2, 0.25) is 0 Å². The van der Waals surface area contributed by atoms with Gasteiger partial charge in [-0.1, -0.05) is 18.7 Å². The molecule has 0 aromatic carbocycles. The predicted octanol–water partition coefficient (Wildman–Crippen LogP) is 3.46. The second-order valence-electron chi connectivity index (χ2n) is 3.91. The maximum atomic E-state index is 4.11. The van der Waals surface area contributed by atoms with Crippen LogP contribution in [0.4, 0.5) is 0 Å². The molecular formula is C13H12. The van der Waals surface area contributed by atoms with Gasteiger partial charge in [0.25, 0.3) is 0 Å². The zero-order chi connectivity index (χ0) is 8.84. The standard InChI is InChI=1S/C13H12/c1-9-6-11-5-3-2-4-10-7-12(9)13(11)8-10/h4-5,7-8H,1-3,6H2. The van der Waals surface area contributed by atoms with Crippen LogP contribution in [0.25, 0.3) is 0 Å². The normalized spacial score (nSPS) is 24.5. The molecule has 1 fully saturated rings. The highest BCUT2D eigenvalue weighted by atomic mass is 14.3. The van der Waals surface area contributed by atoms with E-state index in [0.717, 1.165) is 6.42 Å². The first-order chi connectivity index (χ1) is 6.34. The van der Waals surface area contributed by atoms with Gasteiger partial charge in [0.15, 0.2) is 0 Å². The summed E-state index contributed by atoms with van der Waals surface area (Å²) in [5.41, 5.74) is 7.01. The lowest BCUT2D eigenvalue weighted by atomic mass is 10.0. The van der Waals surface area contributed by atoms with Crippen molar-refractivity contribution in [1.82, 2.24) is 0 Å². The van der Waals surface area contributed by atoms with E-state index in [-0.39, 0.29) is 0 Å². The van der Waals surface area contributed by atoms with Crippen molar-refractivity contribution in [3.8, 4) is 0 Å². The Balaban J connectivity index is 2.26. The van der Waals surface area contributed by atoms with Gasteiger partial charge in [-0.2, -0.15) is 0 Å². The van der Waals surface area contributed by atoms with Crippen molar-refractivity contribution in [2.75, 3.05) is 0 Å². The summed E-state index contributed by atoms with van der Waals surface area (Å²) in [6.07, 6.45) is 12.7. The van der Waals surface area contributed by atoms with Gasteiger partial charge in [0.1, 0.15) is 0 Å². The zero-order valence-corrected chi connectivity index (χ0v) is 7.64. The van der Waals surface area contributed by atoms with Crippen molar-refractivity contribution in [1.29, 1.82) is 0 Å². The Kier molecular flexibility index (Phi) is 1.29. The first kappa shape index (κ1) is 7.14. The topological polar surface area (TPSA) is 0 Å². The largest absolute Gasteiger partial charge is 0.0949 e. The van der Waals surface area contributed by atoms with Gasteiger partial charge in [0.05, 0.1) is 0 Å². The van der Waals surface area contributed by atoms with Crippen LogP contribution in [0.1, 0.15) is 19.3 Å². The molecule has 0 nitrogen and oxygen atoms in total. The lowest BCUT2D eigenvalue weighted by Crippen LogP contribution is -1.81. The van der Waals surface area contributed by atoms with Crippen LogP contribution in [-0.2, 0) is 0 Å². The number of fused-ring (bicyclic) bond motifs is 1. The van der Waals surface area contributed by atoms with Crippen LogP contribution in [0.15, 0.2) is 58.7 Å². The molecule has 2 bridgehead atoms. The molecule has 1 saturated carbocycles. The SMILES string of the molecule is C=C1CC2=CCCC=C3C=C1C2=C3. The third kappa shape index (κ3) is 0.918. The number of allylic oxidation sites excluding steroid dienone is 9. The molecule has 0 heteroatoms. The molecule has 0 amide bonds. The smallest absolute Gasteiger partial charge is 0.00225 e. The van der Waals surface area contributed by atoms with Crippen LogP contribution in [0.3, 0.4) is 0 Å². The van der Waals surface area contributed by atoms with Crippen LogP contribution in [0, 0.1) is 0 Å². The minimum Gasteiger partial charge on any atom is -0.0949 e. The first-order valence-electron chi connectivity index (χ1n) is 4.86. The van der Waals surface area contributed by atoms with Crippen LogP contribution >= 0.6 is 0 Å². The molecule has 3 aliphatic carbocycles. The molecule has 3 rings (SSSR count). The second kappa shape index (κ2) is 2.35. The quantitative estimate of drug-likeness (QED) is 0.519. The molecular weight excluding hydrogens is 156 g/mol. The van der Waals surface area contributed by atoms with E-state index in [1.54, 1.807) is 0 Å². The Bertz CT molecular complexity index is 411. The van der Waals surface area contributed by atoms with Gasteiger partial charge in [-0.15, -0.1) is 0 Å². The predicted molar refractivity (Wildman–Crippen MR) is 55.3 cm³/mol. The molecule has 0 aliphatic heterocycles. The lowest BCUT2D eigenvalue weighted by molar-refractivity contribution is 1.02. The molecule has 0 radical (unpaired) electrons. The maximum Gasteiger partial charge on any atom is -0.00225 e. The fourth-order valence-electron chi connectivity index (χ4n) is 2.32. The van der Waals surface area contributed by atoms with Crippen molar-refractivity contribution in [3.05, 3.63) is 58.7 Å². The Morgan fingerprint density at radius 3 is 2.69 bits per heavy atom. The van der Waals surface area contributed by atoms with Crippen molar-refractivity contribution in [2.24, 2.45) is 0 Å². The van der Waals surface area contributed by atoms with Crippen molar-refractivity contribution >= 4 is 0 Å². The Morgan fingerprint density at radius 1 is 1.00 bits per heavy atom. The molecule has 3 aliphatic rings. The van der Waals surface area contributed by atoms with E-state index in [1.165, 1.54) is 40.7 Å².